The van der Waals surface area contributed by atoms with E-state index in [1.807, 2.05) is 0 Å². The van der Waals surface area contributed by atoms with Crippen molar-refractivity contribution in [3.63, 3.8) is 0 Å². The molecule has 0 bridgehead atoms. The van der Waals surface area contributed by atoms with Crippen LogP contribution in [0.1, 0.15) is 53.4 Å². The van der Waals surface area contributed by atoms with E-state index in [1.54, 1.807) is 0 Å². The van der Waals surface area contributed by atoms with E-state index in [-0.39, 0.29) is 5.41 Å². The monoisotopic (exact) mass is 240 g/mol. The fourth-order valence-electron chi connectivity index (χ4n) is 2.21. The first-order chi connectivity index (χ1) is 7.91. The fourth-order valence-corrected chi connectivity index (χ4v) is 2.21. The number of hydrogen-bond donors (Lipinski definition) is 0. The van der Waals surface area contributed by atoms with Gasteiger partial charge in [0.25, 0.3) is 0 Å². The molecule has 0 heterocycles. The average molecular weight is 240 g/mol. The Morgan fingerprint density at radius 2 is 1.88 bits per heavy atom. The predicted octanol–water partition coefficient (Wildman–Crippen LogP) is 3.86. The molecule has 0 N–H and O–H groups in total. The zero-order valence-corrected chi connectivity index (χ0v) is 12.8. The molecule has 0 aliphatic carbocycles. The van der Waals surface area contributed by atoms with Gasteiger partial charge in [0, 0.05) is 19.3 Å². The molecule has 0 aliphatic heterocycles. The van der Waals surface area contributed by atoms with Gasteiger partial charge in [-0.05, 0) is 38.3 Å². The lowest BCUT2D eigenvalue weighted by atomic mass is 9.93. The van der Waals surface area contributed by atoms with Crippen LogP contribution in [0.5, 0.6) is 0 Å². The number of nitrogens with zero attached hydrogens (tertiary/aromatic N) is 2. The Morgan fingerprint density at radius 3 is 2.35 bits per heavy atom. The number of hydrogen-bond acceptors (Lipinski definition) is 2. The molecule has 1 unspecified atom stereocenters. The fraction of sp³-hybridized carbons (Fsp3) is 0.933. The number of rotatable bonds is 9. The van der Waals surface area contributed by atoms with Crippen molar-refractivity contribution in [2.24, 2.45) is 16.3 Å². The Hall–Kier alpha value is -0.370. The quantitative estimate of drug-likeness (QED) is 0.559. The summed E-state index contributed by atoms with van der Waals surface area (Å²) in [6, 6.07) is 0. The lowest BCUT2D eigenvalue weighted by Crippen LogP contribution is -2.31. The summed E-state index contributed by atoms with van der Waals surface area (Å²) in [5.41, 5.74) is 0.281. The van der Waals surface area contributed by atoms with Gasteiger partial charge in [-0.15, -0.1) is 0 Å². The van der Waals surface area contributed by atoms with Gasteiger partial charge in [-0.3, -0.25) is 4.99 Å². The van der Waals surface area contributed by atoms with Crippen LogP contribution in [0.15, 0.2) is 4.99 Å². The van der Waals surface area contributed by atoms with Gasteiger partial charge < -0.3 is 4.90 Å². The van der Waals surface area contributed by atoms with Gasteiger partial charge in [-0.1, -0.05) is 40.5 Å². The van der Waals surface area contributed by atoms with Gasteiger partial charge in [-0.25, -0.2) is 0 Å². The normalized spacial score (nSPS) is 14.8. The number of aliphatic imine (C=N–C) groups is 1. The standard InChI is InChI=1S/C15H32N2/c1-7-9-10-14(8-2)11-16-12-15(3,4)13-17(5)6/h11,14H,7-10,12-13H2,1-6H3. The highest BCUT2D eigenvalue weighted by atomic mass is 15.1. The third kappa shape index (κ3) is 9.34. The first-order valence-electron chi connectivity index (χ1n) is 7.06. The topological polar surface area (TPSA) is 15.6 Å². The molecule has 0 rings (SSSR count). The molecule has 0 radical (unpaired) electrons. The molecule has 0 aromatic carbocycles. The van der Waals surface area contributed by atoms with Gasteiger partial charge in [0.2, 0.25) is 0 Å². The maximum absolute atomic E-state index is 4.67. The summed E-state index contributed by atoms with van der Waals surface area (Å²) in [6.07, 6.45) is 7.33. The average Bonchev–Trinajstić information content (AvgIpc) is 2.21. The minimum Gasteiger partial charge on any atom is -0.309 e. The molecule has 0 aromatic heterocycles. The molecule has 0 fully saturated rings. The zero-order chi connectivity index (χ0) is 13.3. The van der Waals surface area contributed by atoms with Crippen molar-refractivity contribution in [2.75, 3.05) is 27.2 Å². The van der Waals surface area contributed by atoms with Crippen molar-refractivity contribution in [3.05, 3.63) is 0 Å². The molecular weight excluding hydrogens is 208 g/mol. The summed E-state index contributed by atoms with van der Waals surface area (Å²) < 4.78 is 0. The lowest BCUT2D eigenvalue weighted by Gasteiger charge is -2.26. The van der Waals surface area contributed by atoms with Crippen LogP contribution in [0.25, 0.3) is 0 Å². The van der Waals surface area contributed by atoms with Crippen molar-refractivity contribution < 1.29 is 0 Å². The molecule has 0 aromatic rings. The van der Waals surface area contributed by atoms with Crippen molar-refractivity contribution in [1.29, 1.82) is 0 Å². The van der Waals surface area contributed by atoms with E-state index in [0.29, 0.717) is 5.92 Å². The van der Waals surface area contributed by atoms with Crippen molar-refractivity contribution in [2.45, 2.75) is 53.4 Å². The van der Waals surface area contributed by atoms with Crippen LogP contribution >= 0.6 is 0 Å². The van der Waals surface area contributed by atoms with E-state index in [1.165, 1.54) is 25.7 Å². The highest BCUT2D eigenvalue weighted by Gasteiger charge is 2.17. The molecule has 0 aliphatic rings. The Labute approximate surface area is 109 Å². The first kappa shape index (κ1) is 16.6. The molecule has 102 valence electrons. The van der Waals surface area contributed by atoms with E-state index in [2.05, 4.69) is 57.9 Å². The van der Waals surface area contributed by atoms with Crippen molar-refractivity contribution in [3.8, 4) is 0 Å². The van der Waals surface area contributed by atoms with Gasteiger partial charge in [0.15, 0.2) is 0 Å². The minimum absolute atomic E-state index is 0.281. The Kier molecular flexibility index (Phi) is 8.49. The molecule has 0 saturated carbocycles. The summed E-state index contributed by atoms with van der Waals surface area (Å²) in [4.78, 5) is 6.91. The van der Waals surface area contributed by atoms with Crippen LogP contribution in [-0.4, -0.2) is 38.3 Å². The molecule has 2 nitrogen and oxygen atoms in total. The van der Waals surface area contributed by atoms with E-state index >= 15 is 0 Å². The van der Waals surface area contributed by atoms with Crippen molar-refractivity contribution >= 4 is 6.21 Å². The van der Waals surface area contributed by atoms with Gasteiger partial charge in [-0.2, -0.15) is 0 Å². The molecule has 2 heteroatoms. The van der Waals surface area contributed by atoms with E-state index in [0.717, 1.165) is 13.1 Å². The summed E-state index contributed by atoms with van der Waals surface area (Å²) >= 11 is 0. The van der Waals surface area contributed by atoms with Crippen molar-refractivity contribution in [1.82, 2.24) is 4.90 Å². The smallest absolute Gasteiger partial charge is 0.0448 e. The Balaban J connectivity index is 4.04. The van der Waals surface area contributed by atoms with Gasteiger partial charge in [0.05, 0.1) is 0 Å². The summed E-state index contributed by atoms with van der Waals surface area (Å²) in [7, 11) is 4.25. The van der Waals surface area contributed by atoms with E-state index < -0.39 is 0 Å². The van der Waals surface area contributed by atoms with Gasteiger partial charge >= 0.3 is 0 Å². The van der Waals surface area contributed by atoms with E-state index in [4.69, 9.17) is 0 Å². The second-order valence-corrected chi connectivity index (χ2v) is 6.20. The largest absolute Gasteiger partial charge is 0.309 e. The molecule has 1 atom stereocenters. The maximum Gasteiger partial charge on any atom is 0.0448 e. The van der Waals surface area contributed by atoms with Crippen LogP contribution in [0.4, 0.5) is 0 Å². The van der Waals surface area contributed by atoms with Crippen LogP contribution < -0.4 is 0 Å². The lowest BCUT2D eigenvalue weighted by molar-refractivity contribution is 0.249. The SMILES string of the molecule is CCCCC(C=NCC(C)(C)CN(C)C)CC. The molecular formula is C15H32N2. The summed E-state index contributed by atoms with van der Waals surface area (Å²) in [6.45, 7) is 11.1. The van der Waals surface area contributed by atoms with Crippen LogP contribution in [0.2, 0.25) is 0 Å². The molecule has 0 amide bonds. The molecule has 0 saturated heterocycles. The third-order valence-electron chi connectivity index (χ3n) is 3.03. The highest BCUT2D eigenvalue weighted by molar-refractivity contribution is 5.60. The summed E-state index contributed by atoms with van der Waals surface area (Å²) in [5, 5.41) is 0. The Morgan fingerprint density at radius 1 is 1.24 bits per heavy atom. The van der Waals surface area contributed by atoms with Gasteiger partial charge in [0.1, 0.15) is 0 Å². The first-order valence-corrected chi connectivity index (χ1v) is 7.06. The zero-order valence-electron chi connectivity index (χ0n) is 12.8. The molecule has 17 heavy (non-hydrogen) atoms. The van der Waals surface area contributed by atoms with Crippen LogP contribution in [0.3, 0.4) is 0 Å². The number of unbranched alkanes of at least 4 members (excludes halogenated alkanes) is 1. The maximum atomic E-state index is 4.67. The van der Waals surface area contributed by atoms with Crippen LogP contribution in [-0.2, 0) is 0 Å². The van der Waals surface area contributed by atoms with Crippen LogP contribution in [0, 0.1) is 11.3 Å². The molecule has 0 spiro atoms. The third-order valence-corrected chi connectivity index (χ3v) is 3.03. The van der Waals surface area contributed by atoms with E-state index in [9.17, 15) is 0 Å². The Bertz CT molecular complexity index is 207. The summed E-state index contributed by atoms with van der Waals surface area (Å²) in [5.74, 6) is 0.685. The second kappa shape index (κ2) is 8.68. The second-order valence-electron chi connectivity index (χ2n) is 6.20. The minimum atomic E-state index is 0.281. The highest BCUT2D eigenvalue weighted by Crippen LogP contribution is 2.17. The predicted molar refractivity (Wildman–Crippen MR) is 79.0 cm³/mol.